The molecule has 0 aromatic heterocycles. The van der Waals surface area contributed by atoms with E-state index in [1.165, 1.54) is 11.3 Å². The first-order chi connectivity index (χ1) is 7.95. The highest BCUT2D eigenvalue weighted by Gasteiger charge is 2.10. The average molecular weight is 250 g/mol. The number of aryl methyl sites for hydroxylation is 1. The molecule has 3 heteroatoms. The van der Waals surface area contributed by atoms with Crippen molar-refractivity contribution in [1.29, 1.82) is 0 Å². The first kappa shape index (κ1) is 14.0. The molecule has 94 valence electrons. The van der Waals surface area contributed by atoms with E-state index >= 15 is 0 Å². The van der Waals surface area contributed by atoms with Crippen LogP contribution < -0.4 is 10.6 Å². The van der Waals surface area contributed by atoms with Gasteiger partial charge in [-0.25, -0.2) is 0 Å². The summed E-state index contributed by atoms with van der Waals surface area (Å²) in [7, 11) is 0. The van der Waals surface area contributed by atoms with Gasteiger partial charge in [0.15, 0.2) is 0 Å². The molecule has 17 heavy (non-hydrogen) atoms. The molecule has 1 aromatic rings. The first-order valence-electron chi connectivity index (χ1n) is 6.11. The third-order valence-corrected chi connectivity index (χ3v) is 3.02. The van der Waals surface area contributed by atoms with Crippen molar-refractivity contribution >= 4 is 22.9 Å². The van der Waals surface area contributed by atoms with Gasteiger partial charge in [0.2, 0.25) is 0 Å². The van der Waals surface area contributed by atoms with Crippen molar-refractivity contribution in [3.05, 3.63) is 29.3 Å². The Morgan fingerprint density at radius 3 is 2.47 bits per heavy atom. The molecular weight excluding hydrogens is 228 g/mol. The molecule has 0 heterocycles. The van der Waals surface area contributed by atoms with E-state index in [-0.39, 0.29) is 0 Å². The van der Waals surface area contributed by atoms with Crippen molar-refractivity contribution in [1.82, 2.24) is 0 Å². The van der Waals surface area contributed by atoms with E-state index in [0.717, 1.165) is 18.7 Å². The highest BCUT2D eigenvalue weighted by atomic mass is 32.1. The number of benzene rings is 1. The number of rotatable bonds is 5. The summed E-state index contributed by atoms with van der Waals surface area (Å²) in [5.41, 5.74) is 9.10. The highest BCUT2D eigenvalue weighted by Crippen LogP contribution is 2.22. The van der Waals surface area contributed by atoms with Crippen LogP contribution >= 0.6 is 12.2 Å². The second kappa shape index (κ2) is 6.01. The molecule has 0 aliphatic rings. The third kappa shape index (κ3) is 3.70. The minimum Gasteiger partial charge on any atom is -0.389 e. The molecule has 0 atom stereocenters. The molecule has 0 spiro atoms. The van der Waals surface area contributed by atoms with Crippen LogP contribution in [0.1, 0.15) is 31.9 Å². The summed E-state index contributed by atoms with van der Waals surface area (Å²) >= 11 is 4.99. The minimum absolute atomic E-state index is 0.464. The largest absolute Gasteiger partial charge is 0.389 e. The van der Waals surface area contributed by atoms with E-state index in [4.69, 9.17) is 18.0 Å². The van der Waals surface area contributed by atoms with Crippen molar-refractivity contribution in [2.45, 2.75) is 27.7 Å². The molecule has 0 unspecified atom stereocenters. The van der Waals surface area contributed by atoms with Gasteiger partial charge in [-0.2, -0.15) is 0 Å². The smallest absolute Gasteiger partial charge is 0.103 e. The van der Waals surface area contributed by atoms with Crippen molar-refractivity contribution in [3.63, 3.8) is 0 Å². The highest BCUT2D eigenvalue weighted by molar-refractivity contribution is 7.80. The zero-order valence-corrected chi connectivity index (χ0v) is 12.0. The number of thiocarbonyl (C=S) groups is 1. The molecule has 0 amide bonds. The van der Waals surface area contributed by atoms with Gasteiger partial charge in [0.05, 0.1) is 0 Å². The quantitative estimate of drug-likeness (QED) is 0.814. The Bertz CT molecular complexity index is 399. The lowest BCUT2D eigenvalue weighted by Gasteiger charge is -2.27. The zero-order valence-electron chi connectivity index (χ0n) is 11.2. The summed E-state index contributed by atoms with van der Waals surface area (Å²) in [4.78, 5) is 2.86. The minimum atomic E-state index is 0.464. The van der Waals surface area contributed by atoms with Gasteiger partial charge < -0.3 is 10.6 Å². The summed E-state index contributed by atoms with van der Waals surface area (Å²) in [6.07, 6.45) is 0. The molecule has 1 rings (SSSR count). The van der Waals surface area contributed by atoms with Crippen LogP contribution in [0.25, 0.3) is 0 Å². The maximum absolute atomic E-state index is 5.64. The van der Waals surface area contributed by atoms with Gasteiger partial charge in [-0.3, -0.25) is 0 Å². The average Bonchev–Trinajstić information content (AvgIpc) is 2.25. The van der Waals surface area contributed by atoms with Gasteiger partial charge in [0.25, 0.3) is 0 Å². The van der Waals surface area contributed by atoms with Gasteiger partial charge >= 0.3 is 0 Å². The summed E-state index contributed by atoms with van der Waals surface area (Å²) in [5, 5.41) is 0. The van der Waals surface area contributed by atoms with E-state index in [2.05, 4.69) is 44.7 Å². The van der Waals surface area contributed by atoms with Crippen LogP contribution in [-0.4, -0.2) is 18.1 Å². The lowest BCUT2D eigenvalue weighted by atomic mass is 10.1. The van der Waals surface area contributed by atoms with Crippen LogP contribution in [0.3, 0.4) is 0 Å². The van der Waals surface area contributed by atoms with Crippen LogP contribution in [-0.2, 0) is 0 Å². The number of hydrogen-bond donors (Lipinski definition) is 1. The molecule has 1 aromatic carbocycles. The number of nitrogens with zero attached hydrogens (tertiary/aromatic N) is 1. The van der Waals surface area contributed by atoms with Crippen molar-refractivity contribution in [2.75, 3.05) is 18.0 Å². The van der Waals surface area contributed by atoms with E-state index < -0.39 is 0 Å². The third-order valence-electron chi connectivity index (χ3n) is 2.79. The van der Waals surface area contributed by atoms with Crippen molar-refractivity contribution < 1.29 is 0 Å². The summed E-state index contributed by atoms with van der Waals surface area (Å²) in [5.74, 6) is 0.657. The molecule has 2 nitrogen and oxygen atoms in total. The standard InChI is InChI=1S/C14H22N2S/c1-5-16(9-10(2)3)13-7-6-12(14(15)17)8-11(13)4/h6-8,10H,5,9H2,1-4H3,(H2,15,17). The van der Waals surface area contributed by atoms with Crippen LogP contribution in [0, 0.1) is 12.8 Å². The monoisotopic (exact) mass is 250 g/mol. The number of hydrogen-bond acceptors (Lipinski definition) is 2. The maximum Gasteiger partial charge on any atom is 0.103 e. The molecule has 0 aliphatic carbocycles. The Morgan fingerprint density at radius 1 is 1.41 bits per heavy atom. The van der Waals surface area contributed by atoms with Crippen LogP contribution in [0.15, 0.2) is 18.2 Å². The van der Waals surface area contributed by atoms with E-state index in [1.807, 2.05) is 6.07 Å². The van der Waals surface area contributed by atoms with Gasteiger partial charge in [0.1, 0.15) is 4.99 Å². The lowest BCUT2D eigenvalue weighted by molar-refractivity contribution is 0.618. The molecule has 0 fully saturated rings. The van der Waals surface area contributed by atoms with Gasteiger partial charge in [-0.15, -0.1) is 0 Å². The Labute approximate surface area is 110 Å². The lowest BCUT2D eigenvalue weighted by Crippen LogP contribution is -2.28. The fourth-order valence-corrected chi connectivity index (χ4v) is 2.13. The predicted octanol–water partition coefficient (Wildman–Crippen LogP) is 3.11. The van der Waals surface area contributed by atoms with Gasteiger partial charge in [0, 0.05) is 24.3 Å². The Balaban J connectivity index is 3.00. The second-order valence-corrected chi connectivity index (χ2v) is 5.24. The summed E-state index contributed by atoms with van der Waals surface area (Å²) in [6, 6.07) is 6.20. The molecule has 0 saturated carbocycles. The molecule has 0 radical (unpaired) electrons. The van der Waals surface area contributed by atoms with E-state index in [9.17, 15) is 0 Å². The topological polar surface area (TPSA) is 29.3 Å². The fourth-order valence-electron chi connectivity index (χ4n) is 2.00. The predicted molar refractivity (Wildman–Crippen MR) is 79.8 cm³/mol. The number of nitrogens with two attached hydrogens (primary N) is 1. The fraction of sp³-hybridized carbons (Fsp3) is 0.500. The maximum atomic E-state index is 5.64. The molecular formula is C14H22N2S. The van der Waals surface area contributed by atoms with Crippen molar-refractivity contribution in [2.24, 2.45) is 11.7 Å². The summed E-state index contributed by atoms with van der Waals surface area (Å²) in [6.45, 7) is 10.9. The van der Waals surface area contributed by atoms with Crippen molar-refractivity contribution in [3.8, 4) is 0 Å². The second-order valence-electron chi connectivity index (χ2n) is 4.80. The Morgan fingerprint density at radius 2 is 2.06 bits per heavy atom. The van der Waals surface area contributed by atoms with Crippen LogP contribution in [0.2, 0.25) is 0 Å². The van der Waals surface area contributed by atoms with Gasteiger partial charge in [-0.1, -0.05) is 26.1 Å². The van der Waals surface area contributed by atoms with E-state index in [1.54, 1.807) is 0 Å². The Hall–Kier alpha value is -1.09. The normalized spacial score (nSPS) is 10.6. The first-order valence-corrected chi connectivity index (χ1v) is 6.52. The molecule has 0 saturated heterocycles. The van der Waals surface area contributed by atoms with Gasteiger partial charge in [-0.05, 0) is 43.5 Å². The zero-order chi connectivity index (χ0) is 13.0. The molecule has 0 aliphatic heterocycles. The van der Waals surface area contributed by atoms with Crippen LogP contribution in [0.5, 0.6) is 0 Å². The molecule has 0 bridgehead atoms. The molecule has 2 N–H and O–H groups in total. The van der Waals surface area contributed by atoms with Crippen LogP contribution in [0.4, 0.5) is 5.69 Å². The Kier molecular flexibility index (Phi) is 4.94. The SMILES string of the molecule is CCN(CC(C)C)c1ccc(C(N)=S)cc1C. The van der Waals surface area contributed by atoms with E-state index in [0.29, 0.717) is 10.9 Å². The number of anilines is 1. The summed E-state index contributed by atoms with van der Waals surface area (Å²) < 4.78 is 0.